The zero-order valence-electron chi connectivity index (χ0n) is 83.7. The van der Waals surface area contributed by atoms with Crippen LogP contribution in [0, 0.1) is 17.8 Å². The molecule has 17 aromatic rings. The third kappa shape index (κ3) is 15.3. The Kier molecular flexibility index (Phi) is 22.4. The van der Waals surface area contributed by atoms with Gasteiger partial charge in [0.25, 0.3) is 6.71 Å². The molecule has 698 valence electrons. The van der Waals surface area contributed by atoms with Gasteiger partial charge in [-0.2, -0.15) is 0 Å². The highest BCUT2D eigenvalue weighted by Gasteiger charge is 2.48. The zero-order chi connectivity index (χ0) is 96.6. The summed E-state index contributed by atoms with van der Waals surface area (Å²) < 4.78 is 7.86. The Bertz CT molecular complexity index is 8650. The minimum Gasteiger partial charge on any atom is -0.311 e. The number of benzene rings is 14. The topological polar surface area (TPSA) is 21.3 Å². The fraction of sp³-hybridized carbons (Fsp3) is 0.188. The first-order valence-corrected chi connectivity index (χ1v) is 52.9. The molecule has 144 heavy (non-hydrogen) atoms. The van der Waals surface area contributed by atoms with Crippen LogP contribution in [0.3, 0.4) is 0 Å². The SMILES string of the molecule is CC(C)C1=C=C=c2c(c3cc(C(C)C)ccc3n2-c2ccc3c(c2)N(c2c(C4=CCCC(C5C=CC=CC5)=C4)cccc2C2CCC=C(C4=CC=CCC4)C2)c2cc(-n4c5ccc(-c6ccccc6)cc5c5cc(-c6ccccc6)ccc54)cc4c2B3c2ccc(-n3c5ccc(C(C)C)cc5c5cc(C(C)C)ccc53)cc2N4C2=C(c3cccc(-c4ccccc4)c3)CCC=C2C2C=CC=C(c3ccccc3)C2)=C1. The number of para-hydroxylation sites is 1. The van der Waals surface area contributed by atoms with Gasteiger partial charge in [0.15, 0.2) is 0 Å². The van der Waals surface area contributed by atoms with Gasteiger partial charge in [0.05, 0.1) is 44.7 Å². The van der Waals surface area contributed by atoms with Crippen LogP contribution in [0.5, 0.6) is 0 Å². The molecule has 7 aliphatic carbocycles. The molecule has 0 amide bonds. The van der Waals surface area contributed by atoms with E-state index in [0.717, 1.165) is 138 Å². The van der Waals surface area contributed by atoms with Crippen LogP contribution < -0.4 is 36.8 Å². The molecular weight excluding hydrogens is 1740 g/mol. The Hall–Kier alpha value is -15.7. The average Bonchev–Trinajstić information content (AvgIpc) is 1.10. The number of rotatable bonds is 19. The number of hydrogen-bond donors (Lipinski definition) is 0. The molecule has 5 heterocycles. The summed E-state index contributed by atoms with van der Waals surface area (Å²) in [5.74, 6) is 1.64. The summed E-state index contributed by atoms with van der Waals surface area (Å²) in [7, 11) is 0. The second kappa shape index (κ2) is 36.4. The summed E-state index contributed by atoms with van der Waals surface area (Å²) in [5.41, 5.74) is 54.8. The third-order valence-corrected chi connectivity index (χ3v) is 32.8. The van der Waals surface area contributed by atoms with Crippen molar-refractivity contribution in [2.75, 3.05) is 9.80 Å². The van der Waals surface area contributed by atoms with Crippen molar-refractivity contribution < 1.29 is 0 Å². The van der Waals surface area contributed by atoms with Crippen molar-refractivity contribution in [3.05, 3.63) is 477 Å². The van der Waals surface area contributed by atoms with Crippen molar-refractivity contribution in [1.29, 1.82) is 0 Å². The smallest absolute Gasteiger partial charge is 0.252 e. The Labute approximate surface area is 847 Å². The maximum absolute atomic E-state index is 3.95. The van der Waals surface area contributed by atoms with E-state index in [9.17, 15) is 0 Å². The lowest BCUT2D eigenvalue weighted by Gasteiger charge is -2.47. The predicted octanol–water partition coefficient (Wildman–Crippen LogP) is 33.4. The number of aromatic nitrogens is 3. The number of hydrogen-bond acceptors (Lipinski definition) is 2. The molecule has 3 atom stereocenters. The van der Waals surface area contributed by atoms with Crippen molar-refractivity contribution in [2.24, 2.45) is 17.8 Å². The van der Waals surface area contributed by atoms with Gasteiger partial charge in [-0.05, 0) is 332 Å². The second-order valence-electron chi connectivity index (χ2n) is 42.7. The molecule has 6 heteroatoms. The van der Waals surface area contributed by atoms with Crippen LogP contribution in [-0.4, -0.2) is 20.4 Å². The minimum absolute atomic E-state index is 0.0276. The quantitative estimate of drug-likeness (QED) is 0.0594. The van der Waals surface area contributed by atoms with Crippen molar-refractivity contribution in [1.82, 2.24) is 13.7 Å². The highest BCUT2D eigenvalue weighted by atomic mass is 15.2. The molecule has 26 rings (SSSR count). The summed E-state index contributed by atoms with van der Waals surface area (Å²) >= 11 is 0. The van der Waals surface area contributed by atoms with E-state index in [4.69, 9.17) is 0 Å². The number of anilines is 5. The van der Waals surface area contributed by atoms with Gasteiger partial charge in [-0.15, -0.1) is 0 Å². The van der Waals surface area contributed by atoms with Gasteiger partial charge in [0, 0.05) is 89.2 Å². The average molecular weight is 1860 g/mol. The van der Waals surface area contributed by atoms with Crippen LogP contribution in [0.15, 0.2) is 428 Å². The van der Waals surface area contributed by atoms with Crippen molar-refractivity contribution in [3.63, 3.8) is 0 Å². The minimum atomic E-state index is -0.341. The molecule has 14 aromatic carbocycles. The molecule has 2 aliphatic heterocycles. The standard InChI is InChI=1S/C138H118BN5/c1-87(2)97-57-67-126-118(77-97)119-78-98(88(3)4)58-68-127(119)140(126)111-63-65-124-132(83-111)143(137-114(107-49-27-45-101(73-107)91-33-15-9-16-34-91)53-31-54-115(137)108-50-28-46-102(74-108)92-35-17-10-18-36-92)134-85-113(142-130-71-61-105(95-41-23-13-24-42-95)81-122(130)123-82-106(62-72-131(123)142)96-43-25-14-26-44-96)86-135-136(134)139(124)125-66-64-112(141-128-69-59-99(89(5)6)79-120(128)121-80-100(90(7)8)60-70-129(121)141)84-133(125)144(135)138-116(109-51-29-47-103(75-109)93-37-19-11-20-38-93)55-32-56-117(138)110-52-30-48-104(76-110)94-39-21-12-22-40-94/h9-21,23-28,32-37,39,41-46,48-51,53,55-59,61-69,71-72,74-75,77-90,93,107,110H,22,29-31,38,40,47,52,54,73,76H2,1-8H3. The van der Waals surface area contributed by atoms with Crippen LogP contribution in [0.2, 0.25) is 0 Å². The molecule has 3 unspecified atom stereocenters. The summed E-state index contributed by atoms with van der Waals surface area (Å²) in [6.07, 6.45) is 47.2. The number of fused-ring (bicyclic) bond motifs is 13. The fourth-order valence-corrected chi connectivity index (χ4v) is 25.3. The molecule has 3 aromatic heterocycles. The second-order valence-corrected chi connectivity index (χ2v) is 42.7. The third-order valence-electron chi connectivity index (χ3n) is 32.8. The number of nitrogens with zero attached hydrogens (tertiary/aromatic N) is 5. The van der Waals surface area contributed by atoms with E-state index < -0.39 is 0 Å². The highest BCUT2D eigenvalue weighted by molar-refractivity contribution is 7.00. The maximum Gasteiger partial charge on any atom is 0.252 e. The van der Waals surface area contributed by atoms with Gasteiger partial charge in [0.2, 0.25) is 0 Å². The van der Waals surface area contributed by atoms with Crippen molar-refractivity contribution in [3.8, 4) is 50.4 Å². The van der Waals surface area contributed by atoms with E-state index in [1.54, 1.807) is 0 Å². The first-order chi connectivity index (χ1) is 70.7. The first kappa shape index (κ1) is 88.5. The Morgan fingerprint density at radius 3 is 1.51 bits per heavy atom. The van der Waals surface area contributed by atoms with Crippen molar-refractivity contribution in [2.45, 2.75) is 150 Å². The molecule has 5 nitrogen and oxygen atoms in total. The molecule has 0 saturated heterocycles. The molecule has 0 bridgehead atoms. The maximum atomic E-state index is 3.95. The van der Waals surface area contributed by atoms with Crippen LogP contribution in [0.4, 0.5) is 28.4 Å². The van der Waals surface area contributed by atoms with E-state index in [1.807, 2.05) is 0 Å². The fourth-order valence-electron chi connectivity index (χ4n) is 25.3. The Morgan fingerprint density at radius 1 is 0.354 bits per heavy atom. The summed E-state index contributed by atoms with van der Waals surface area (Å²) in [4.78, 5) is 5.81. The summed E-state index contributed by atoms with van der Waals surface area (Å²) in [6.45, 7) is 18.3. The van der Waals surface area contributed by atoms with Crippen LogP contribution in [-0.2, 0) is 0 Å². The van der Waals surface area contributed by atoms with Gasteiger partial charge in [-0.3, -0.25) is 0 Å². The molecule has 0 fully saturated rings. The van der Waals surface area contributed by atoms with E-state index in [-0.39, 0.29) is 24.5 Å². The molecule has 9 aliphatic rings. The van der Waals surface area contributed by atoms with Crippen LogP contribution in [0.25, 0.3) is 133 Å². The zero-order valence-corrected chi connectivity index (χ0v) is 83.7. The van der Waals surface area contributed by atoms with E-state index >= 15 is 0 Å². The van der Waals surface area contributed by atoms with Crippen LogP contribution >= 0.6 is 0 Å². The number of allylic oxidation sites excluding steroid dienone is 22. The Balaban J connectivity index is 0.843. The lowest BCUT2D eigenvalue weighted by Crippen LogP contribution is -2.62. The largest absolute Gasteiger partial charge is 0.311 e. The predicted molar refractivity (Wildman–Crippen MR) is 613 cm³/mol. The van der Waals surface area contributed by atoms with Gasteiger partial charge in [-0.1, -0.05) is 352 Å². The van der Waals surface area contributed by atoms with Gasteiger partial charge >= 0.3 is 0 Å². The van der Waals surface area contributed by atoms with Gasteiger partial charge in [-0.25, -0.2) is 0 Å². The molecule has 0 spiro atoms. The van der Waals surface area contributed by atoms with E-state index in [1.165, 1.54) is 182 Å². The van der Waals surface area contributed by atoms with Crippen molar-refractivity contribution >= 4 is 135 Å². The lowest BCUT2D eigenvalue weighted by atomic mass is 9.33. The summed E-state index contributed by atoms with van der Waals surface area (Å²) in [5, 5.41) is 8.39. The van der Waals surface area contributed by atoms with E-state index in [0.29, 0.717) is 23.7 Å². The Morgan fingerprint density at radius 2 is 0.896 bits per heavy atom. The van der Waals surface area contributed by atoms with Gasteiger partial charge < -0.3 is 23.5 Å². The highest BCUT2D eigenvalue weighted by Crippen LogP contribution is 2.56. The molecule has 0 saturated carbocycles. The molecule has 0 N–H and O–H groups in total. The molecule has 0 radical (unpaired) electrons. The normalized spacial score (nSPS) is 17.4. The first-order valence-electron chi connectivity index (χ1n) is 52.9. The molecular formula is C138H118BN5. The van der Waals surface area contributed by atoms with E-state index in [2.05, 4.69) is 485 Å². The van der Waals surface area contributed by atoms with Gasteiger partial charge in [0.1, 0.15) is 5.35 Å². The van der Waals surface area contributed by atoms with Crippen LogP contribution in [0.1, 0.15) is 189 Å². The summed E-state index contributed by atoms with van der Waals surface area (Å²) in [6, 6.07) is 119. The lowest BCUT2D eigenvalue weighted by molar-refractivity contribution is 0.596. The monoisotopic (exact) mass is 1860 g/mol.